The van der Waals surface area contributed by atoms with E-state index in [2.05, 4.69) is 217 Å². The molecule has 0 atom stereocenters. The third kappa shape index (κ3) is 4.70. The van der Waals surface area contributed by atoms with Gasteiger partial charge in [0.05, 0.1) is 11.0 Å². The van der Waals surface area contributed by atoms with E-state index < -0.39 is 0 Å². The summed E-state index contributed by atoms with van der Waals surface area (Å²) in [5, 5.41) is 10.5. The summed E-state index contributed by atoms with van der Waals surface area (Å²) >= 11 is 1.91. The van der Waals surface area contributed by atoms with Crippen molar-refractivity contribution in [3.8, 4) is 27.9 Å². The second-order valence-corrected chi connectivity index (χ2v) is 18.0. The molecule has 10 aromatic carbocycles. The van der Waals surface area contributed by atoms with Crippen molar-refractivity contribution >= 4 is 91.9 Å². The molecule has 60 heavy (non-hydrogen) atoms. The second-order valence-electron chi connectivity index (χ2n) is 16.9. The maximum Gasteiger partial charge on any atom is 0.0541 e. The minimum atomic E-state index is -0.115. The molecule has 1 aliphatic rings. The van der Waals surface area contributed by atoms with Crippen LogP contribution in [0.5, 0.6) is 0 Å². The lowest BCUT2D eigenvalue weighted by Gasteiger charge is -2.28. The number of nitrogens with zero attached hydrogens (tertiary/aromatic N) is 2. The summed E-state index contributed by atoms with van der Waals surface area (Å²) in [6.45, 7) is 4.74. The molecule has 3 heteroatoms. The maximum atomic E-state index is 2.48. The van der Waals surface area contributed by atoms with Crippen molar-refractivity contribution in [2.75, 3.05) is 4.90 Å². The fourth-order valence-corrected chi connectivity index (χ4v) is 11.7. The SMILES string of the molecule is CC1(C)c2ccccc2-c2ccc(N(c3ccc(-c4ccc5c(c4)c4ccccc4n5-c4ccccc4)cc3)c3cc4sc5cccc6c7ccccc7c(c3)c4c56)cc21. The Balaban J connectivity index is 0.999. The van der Waals surface area contributed by atoms with Crippen LogP contribution in [0, 0.1) is 0 Å². The molecule has 0 radical (unpaired) electrons. The first kappa shape index (κ1) is 33.7. The topological polar surface area (TPSA) is 8.17 Å². The summed E-state index contributed by atoms with van der Waals surface area (Å²) in [5.41, 5.74) is 14.8. The number of benzene rings is 10. The van der Waals surface area contributed by atoms with Crippen LogP contribution in [-0.4, -0.2) is 4.57 Å². The van der Waals surface area contributed by atoms with Crippen molar-refractivity contribution in [3.05, 3.63) is 205 Å². The highest BCUT2D eigenvalue weighted by atomic mass is 32.1. The second kappa shape index (κ2) is 12.4. The van der Waals surface area contributed by atoms with Gasteiger partial charge in [0.2, 0.25) is 0 Å². The molecule has 2 heterocycles. The predicted molar refractivity (Wildman–Crippen MR) is 258 cm³/mol. The minimum Gasteiger partial charge on any atom is -0.310 e. The highest BCUT2D eigenvalue weighted by Crippen LogP contribution is 2.52. The average Bonchev–Trinajstić information content (AvgIpc) is 3.92. The highest BCUT2D eigenvalue weighted by molar-refractivity contribution is 7.26. The molecule has 0 bridgehead atoms. The molecule has 12 aromatic rings. The Morgan fingerprint density at radius 3 is 1.90 bits per heavy atom. The van der Waals surface area contributed by atoms with Gasteiger partial charge in [-0.3, -0.25) is 0 Å². The summed E-state index contributed by atoms with van der Waals surface area (Å²) in [6.07, 6.45) is 0. The van der Waals surface area contributed by atoms with E-state index in [0.717, 1.165) is 11.4 Å². The van der Waals surface area contributed by atoms with Gasteiger partial charge in [-0.2, -0.15) is 0 Å². The van der Waals surface area contributed by atoms with Gasteiger partial charge in [-0.1, -0.05) is 135 Å². The van der Waals surface area contributed by atoms with Crippen LogP contribution in [0.3, 0.4) is 0 Å². The first-order chi connectivity index (χ1) is 29.5. The Kier molecular flexibility index (Phi) is 6.98. The average molecular weight is 783 g/mol. The van der Waals surface area contributed by atoms with Crippen molar-refractivity contribution in [2.24, 2.45) is 0 Å². The molecule has 13 rings (SSSR count). The standard InChI is InChI=1S/C57H38N2S/c1-57(2)49-20-10-8-17-43(49)44-29-28-39(33-50(44)57)58(40-32-48-42-16-7-6-15-41(42)46-19-12-22-53-55(46)56(48)54(34-40)60-53)38-26-23-35(24-27-38)36-25-30-52-47(31-36)45-18-9-11-21-51(45)59(52)37-13-4-3-5-14-37/h3-34H,1-2H3. The number of fused-ring (bicyclic) bond motifs is 9. The van der Waals surface area contributed by atoms with Crippen molar-refractivity contribution in [2.45, 2.75) is 19.3 Å². The molecule has 0 saturated carbocycles. The minimum absolute atomic E-state index is 0.115. The molecule has 0 unspecified atom stereocenters. The van der Waals surface area contributed by atoms with Crippen LogP contribution in [0.1, 0.15) is 25.0 Å². The number of hydrogen-bond donors (Lipinski definition) is 0. The van der Waals surface area contributed by atoms with Gasteiger partial charge in [-0.25, -0.2) is 0 Å². The maximum absolute atomic E-state index is 2.48. The largest absolute Gasteiger partial charge is 0.310 e. The molecule has 2 nitrogen and oxygen atoms in total. The van der Waals surface area contributed by atoms with Crippen LogP contribution in [0.25, 0.3) is 91.5 Å². The van der Waals surface area contributed by atoms with E-state index in [-0.39, 0.29) is 5.41 Å². The van der Waals surface area contributed by atoms with Gasteiger partial charge in [0.1, 0.15) is 0 Å². The fraction of sp³-hybridized carbons (Fsp3) is 0.0526. The van der Waals surface area contributed by atoms with Crippen LogP contribution in [0.2, 0.25) is 0 Å². The molecular formula is C57H38N2S. The zero-order chi connectivity index (χ0) is 39.7. The van der Waals surface area contributed by atoms with E-state index in [9.17, 15) is 0 Å². The molecule has 2 aromatic heterocycles. The molecule has 0 aliphatic heterocycles. The van der Waals surface area contributed by atoms with Gasteiger partial charge < -0.3 is 9.47 Å². The van der Waals surface area contributed by atoms with E-state index in [1.807, 2.05) is 11.3 Å². The predicted octanol–water partition coefficient (Wildman–Crippen LogP) is 16.3. The molecule has 282 valence electrons. The first-order valence-corrected chi connectivity index (χ1v) is 21.7. The Morgan fingerprint density at radius 2 is 1.05 bits per heavy atom. The smallest absolute Gasteiger partial charge is 0.0541 e. The number of hydrogen-bond acceptors (Lipinski definition) is 2. The molecule has 0 saturated heterocycles. The van der Waals surface area contributed by atoms with Crippen LogP contribution in [-0.2, 0) is 5.41 Å². The summed E-state index contributed by atoms with van der Waals surface area (Å²) in [4.78, 5) is 2.48. The summed E-state index contributed by atoms with van der Waals surface area (Å²) in [7, 11) is 0. The number of anilines is 3. The Bertz CT molecular complexity index is 3680. The number of rotatable bonds is 5. The summed E-state index contributed by atoms with van der Waals surface area (Å²) < 4.78 is 5.04. The zero-order valence-electron chi connectivity index (χ0n) is 33.3. The Labute approximate surface area is 352 Å². The number of aromatic nitrogens is 1. The summed E-state index contributed by atoms with van der Waals surface area (Å²) in [6, 6.07) is 72.3. The Morgan fingerprint density at radius 1 is 0.400 bits per heavy atom. The number of para-hydroxylation sites is 2. The monoisotopic (exact) mass is 782 g/mol. The van der Waals surface area contributed by atoms with E-state index in [1.54, 1.807) is 0 Å². The van der Waals surface area contributed by atoms with E-state index in [0.29, 0.717) is 0 Å². The van der Waals surface area contributed by atoms with Gasteiger partial charge in [0.25, 0.3) is 0 Å². The Hall–Kier alpha value is -7.20. The lowest BCUT2D eigenvalue weighted by molar-refractivity contribution is 0.660. The molecule has 0 spiro atoms. The normalized spacial score (nSPS) is 13.3. The molecule has 1 aliphatic carbocycles. The zero-order valence-corrected chi connectivity index (χ0v) is 34.1. The van der Waals surface area contributed by atoms with Gasteiger partial charge in [0, 0.05) is 59.1 Å². The first-order valence-electron chi connectivity index (χ1n) is 20.8. The lowest BCUT2D eigenvalue weighted by atomic mass is 9.82. The van der Waals surface area contributed by atoms with Gasteiger partial charge in [-0.15, -0.1) is 11.3 Å². The molecule has 0 N–H and O–H groups in total. The highest BCUT2D eigenvalue weighted by Gasteiger charge is 2.36. The fourth-order valence-electron chi connectivity index (χ4n) is 10.5. The van der Waals surface area contributed by atoms with Crippen LogP contribution < -0.4 is 4.90 Å². The third-order valence-electron chi connectivity index (χ3n) is 13.3. The van der Waals surface area contributed by atoms with Crippen LogP contribution in [0.15, 0.2) is 194 Å². The van der Waals surface area contributed by atoms with Gasteiger partial charge >= 0.3 is 0 Å². The van der Waals surface area contributed by atoms with Crippen molar-refractivity contribution in [3.63, 3.8) is 0 Å². The quantitative estimate of drug-likeness (QED) is 0.158. The third-order valence-corrected chi connectivity index (χ3v) is 14.4. The van der Waals surface area contributed by atoms with E-state index in [1.165, 1.54) is 108 Å². The van der Waals surface area contributed by atoms with E-state index >= 15 is 0 Å². The van der Waals surface area contributed by atoms with Gasteiger partial charge in [-0.05, 0) is 128 Å². The number of thiophene rings is 1. The van der Waals surface area contributed by atoms with Gasteiger partial charge in [0.15, 0.2) is 0 Å². The lowest BCUT2D eigenvalue weighted by Crippen LogP contribution is -2.16. The van der Waals surface area contributed by atoms with Crippen LogP contribution >= 0.6 is 11.3 Å². The summed E-state index contributed by atoms with van der Waals surface area (Å²) in [5.74, 6) is 0. The van der Waals surface area contributed by atoms with Crippen molar-refractivity contribution in [1.29, 1.82) is 0 Å². The molecular weight excluding hydrogens is 745 g/mol. The van der Waals surface area contributed by atoms with E-state index in [4.69, 9.17) is 0 Å². The molecule has 0 amide bonds. The van der Waals surface area contributed by atoms with Crippen molar-refractivity contribution in [1.82, 2.24) is 4.57 Å². The van der Waals surface area contributed by atoms with Crippen LogP contribution in [0.4, 0.5) is 17.1 Å². The van der Waals surface area contributed by atoms with Crippen molar-refractivity contribution < 1.29 is 0 Å². The molecule has 0 fully saturated rings.